The molecule has 0 bridgehead atoms. The summed E-state index contributed by atoms with van der Waals surface area (Å²) in [5, 5.41) is 19.6. The highest BCUT2D eigenvalue weighted by Crippen LogP contribution is 2.16. The first-order chi connectivity index (χ1) is 8.19. The maximum Gasteiger partial charge on any atom is 0.227 e. The van der Waals surface area contributed by atoms with Gasteiger partial charge in [0.25, 0.3) is 0 Å². The van der Waals surface area contributed by atoms with E-state index in [2.05, 4.69) is 15.5 Å². The van der Waals surface area contributed by atoms with Crippen molar-refractivity contribution in [2.45, 2.75) is 12.5 Å². The van der Waals surface area contributed by atoms with Crippen molar-refractivity contribution in [2.75, 3.05) is 11.9 Å². The van der Waals surface area contributed by atoms with Crippen LogP contribution in [0, 0.1) is 0 Å². The number of hydrogen-bond donors (Lipinski definition) is 4. The summed E-state index contributed by atoms with van der Waals surface area (Å²) in [6.07, 6.45) is 0.905. The topological polar surface area (TPSA) is 104 Å². The Bertz CT molecular complexity index is 523. The van der Waals surface area contributed by atoms with Gasteiger partial charge in [-0.05, 0) is 18.2 Å². The van der Waals surface area contributed by atoms with E-state index in [1.54, 1.807) is 18.3 Å². The number of aromatic nitrogens is 2. The molecule has 0 aliphatic carbocycles. The number of carbonyl (C=O) groups is 1. The number of aliphatic hydroxyl groups is 1. The van der Waals surface area contributed by atoms with E-state index in [0.717, 1.165) is 10.9 Å². The van der Waals surface area contributed by atoms with Crippen LogP contribution in [0.15, 0.2) is 24.4 Å². The maximum atomic E-state index is 11.5. The van der Waals surface area contributed by atoms with Crippen LogP contribution in [0.3, 0.4) is 0 Å². The van der Waals surface area contributed by atoms with Gasteiger partial charge in [0, 0.05) is 17.6 Å². The van der Waals surface area contributed by atoms with Gasteiger partial charge in [0.2, 0.25) is 5.91 Å². The van der Waals surface area contributed by atoms with Gasteiger partial charge in [-0.2, -0.15) is 5.10 Å². The molecule has 1 atom stereocenters. The van der Waals surface area contributed by atoms with Gasteiger partial charge in [-0.1, -0.05) is 0 Å². The van der Waals surface area contributed by atoms with Crippen molar-refractivity contribution < 1.29 is 9.90 Å². The molecule has 6 nitrogen and oxygen atoms in total. The largest absolute Gasteiger partial charge is 0.391 e. The van der Waals surface area contributed by atoms with Gasteiger partial charge >= 0.3 is 0 Å². The van der Waals surface area contributed by atoms with Gasteiger partial charge in [-0.25, -0.2) is 0 Å². The van der Waals surface area contributed by atoms with Crippen molar-refractivity contribution in [3.8, 4) is 0 Å². The zero-order chi connectivity index (χ0) is 12.3. The third kappa shape index (κ3) is 2.80. The second-order valence-electron chi connectivity index (χ2n) is 3.81. The predicted molar refractivity (Wildman–Crippen MR) is 64.4 cm³/mol. The predicted octanol–water partition coefficient (Wildman–Crippen LogP) is 0.211. The van der Waals surface area contributed by atoms with E-state index in [1.807, 2.05) is 6.07 Å². The minimum absolute atomic E-state index is 0.00247. The van der Waals surface area contributed by atoms with Crippen molar-refractivity contribution in [1.29, 1.82) is 0 Å². The molecular formula is C11H14N4O2. The highest BCUT2D eigenvalue weighted by atomic mass is 16.3. The Morgan fingerprint density at radius 1 is 1.59 bits per heavy atom. The molecule has 1 unspecified atom stereocenters. The van der Waals surface area contributed by atoms with E-state index in [0.29, 0.717) is 5.69 Å². The number of aromatic amines is 1. The monoisotopic (exact) mass is 234 g/mol. The zero-order valence-electron chi connectivity index (χ0n) is 9.18. The first-order valence-corrected chi connectivity index (χ1v) is 5.30. The maximum absolute atomic E-state index is 11.5. The summed E-state index contributed by atoms with van der Waals surface area (Å²) in [5.41, 5.74) is 6.74. The minimum atomic E-state index is -0.800. The van der Waals surface area contributed by atoms with E-state index in [-0.39, 0.29) is 18.9 Å². The average molecular weight is 234 g/mol. The first-order valence-electron chi connectivity index (χ1n) is 5.30. The number of hydrogen-bond acceptors (Lipinski definition) is 4. The fourth-order valence-electron chi connectivity index (χ4n) is 1.52. The Balaban J connectivity index is 2.05. The Kier molecular flexibility index (Phi) is 3.36. The lowest BCUT2D eigenvalue weighted by Gasteiger charge is -2.08. The number of aliphatic hydroxyl groups excluding tert-OH is 1. The summed E-state index contributed by atoms with van der Waals surface area (Å²) >= 11 is 0. The first kappa shape index (κ1) is 11.6. The third-order valence-electron chi connectivity index (χ3n) is 2.42. The highest BCUT2D eigenvalue weighted by molar-refractivity contribution is 5.93. The molecule has 0 saturated heterocycles. The molecule has 0 radical (unpaired) electrons. The van der Waals surface area contributed by atoms with Gasteiger partial charge in [0.1, 0.15) is 0 Å². The molecule has 2 aromatic rings. The number of H-pyrrole nitrogens is 1. The van der Waals surface area contributed by atoms with Crippen LogP contribution in [-0.4, -0.2) is 33.9 Å². The lowest BCUT2D eigenvalue weighted by Crippen LogP contribution is -2.26. The van der Waals surface area contributed by atoms with Gasteiger partial charge in [0.05, 0.1) is 24.2 Å². The summed E-state index contributed by atoms with van der Waals surface area (Å²) in [7, 11) is 0. The fraction of sp³-hybridized carbons (Fsp3) is 0.273. The Morgan fingerprint density at radius 3 is 3.18 bits per heavy atom. The Labute approximate surface area is 97.8 Å². The van der Waals surface area contributed by atoms with Crippen LogP contribution < -0.4 is 11.1 Å². The van der Waals surface area contributed by atoms with Crippen molar-refractivity contribution in [2.24, 2.45) is 5.73 Å². The molecule has 0 spiro atoms. The number of fused-ring (bicyclic) bond motifs is 1. The molecule has 17 heavy (non-hydrogen) atoms. The molecule has 0 aliphatic heterocycles. The molecule has 1 aromatic carbocycles. The summed E-state index contributed by atoms with van der Waals surface area (Å²) in [6, 6.07) is 5.42. The molecule has 0 aliphatic rings. The molecule has 1 heterocycles. The van der Waals surface area contributed by atoms with Gasteiger partial charge in [0.15, 0.2) is 0 Å². The van der Waals surface area contributed by atoms with Crippen LogP contribution >= 0.6 is 0 Å². The number of nitrogens with one attached hydrogen (secondary N) is 2. The number of nitrogens with zero attached hydrogens (tertiary/aromatic N) is 1. The van der Waals surface area contributed by atoms with Gasteiger partial charge < -0.3 is 16.2 Å². The van der Waals surface area contributed by atoms with E-state index in [4.69, 9.17) is 5.73 Å². The number of amides is 1. The minimum Gasteiger partial charge on any atom is -0.391 e. The zero-order valence-corrected chi connectivity index (χ0v) is 9.18. The van der Waals surface area contributed by atoms with Crippen molar-refractivity contribution in [3.63, 3.8) is 0 Å². The van der Waals surface area contributed by atoms with E-state index >= 15 is 0 Å². The summed E-state index contributed by atoms with van der Waals surface area (Å²) in [5.74, 6) is -0.262. The summed E-state index contributed by atoms with van der Waals surface area (Å²) < 4.78 is 0. The number of benzene rings is 1. The molecular weight excluding hydrogens is 220 g/mol. The molecule has 90 valence electrons. The van der Waals surface area contributed by atoms with Crippen molar-refractivity contribution >= 4 is 22.5 Å². The molecule has 0 saturated carbocycles. The van der Waals surface area contributed by atoms with E-state index in [1.165, 1.54) is 0 Å². The van der Waals surface area contributed by atoms with Crippen LogP contribution in [-0.2, 0) is 4.79 Å². The normalized spacial score (nSPS) is 12.6. The Morgan fingerprint density at radius 2 is 2.41 bits per heavy atom. The number of carbonyl (C=O) groups excluding carboxylic acids is 1. The SMILES string of the molecule is NCC(O)CC(=O)Nc1ccc2cn[nH]c2c1. The number of nitrogens with two attached hydrogens (primary N) is 1. The quantitative estimate of drug-likeness (QED) is 0.607. The van der Waals surface area contributed by atoms with Crippen LogP contribution in [0.2, 0.25) is 0 Å². The van der Waals surface area contributed by atoms with E-state index < -0.39 is 6.10 Å². The summed E-state index contributed by atoms with van der Waals surface area (Å²) in [4.78, 5) is 11.5. The smallest absolute Gasteiger partial charge is 0.227 e. The standard InChI is InChI=1S/C11H14N4O2/c12-5-9(16)4-11(17)14-8-2-1-7-6-13-15-10(7)3-8/h1-3,6,9,16H,4-5,12H2,(H,13,15)(H,14,17). The molecule has 1 aromatic heterocycles. The number of anilines is 1. The molecule has 6 heteroatoms. The van der Waals surface area contributed by atoms with Crippen LogP contribution in [0.1, 0.15) is 6.42 Å². The van der Waals surface area contributed by atoms with Crippen LogP contribution in [0.4, 0.5) is 5.69 Å². The second-order valence-corrected chi connectivity index (χ2v) is 3.81. The molecule has 1 amide bonds. The van der Waals surface area contributed by atoms with Crippen LogP contribution in [0.5, 0.6) is 0 Å². The van der Waals surface area contributed by atoms with Gasteiger partial charge in [-0.3, -0.25) is 9.89 Å². The van der Waals surface area contributed by atoms with Crippen LogP contribution in [0.25, 0.3) is 10.9 Å². The fourth-order valence-corrected chi connectivity index (χ4v) is 1.52. The molecule has 2 rings (SSSR count). The lowest BCUT2D eigenvalue weighted by atomic mass is 10.2. The highest BCUT2D eigenvalue weighted by Gasteiger charge is 2.09. The van der Waals surface area contributed by atoms with Crippen molar-refractivity contribution in [1.82, 2.24) is 10.2 Å². The lowest BCUT2D eigenvalue weighted by molar-refractivity contribution is -0.117. The van der Waals surface area contributed by atoms with Gasteiger partial charge in [-0.15, -0.1) is 0 Å². The summed E-state index contributed by atoms with van der Waals surface area (Å²) in [6.45, 7) is 0.0764. The second kappa shape index (κ2) is 4.94. The molecule has 5 N–H and O–H groups in total. The van der Waals surface area contributed by atoms with E-state index in [9.17, 15) is 9.90 Å². The third-order valence-corrected chi connectivity index (χ3v) is 2.42. The molecule has 0 fully saturated rings. The Hall–Kier alpha value is -1.92. The van der Waals surface area contributed by atoms with Crippen molar-refractivity contribution in [3.05, 3.63) is 24.4 Å². The number of rotatable bonds is 4. The average Bonchev–Trinajstić information content (AvgIpc) is 2.75.